The van der Waals surface area contributed by atoms with Crippen molar-refractivity contribution in [1.29, 1.82) is 0 Å². The molecule has 0 radical (unpaired) electrons. The predicted octanol–water partition coefficient (Wildman–Crippen LogP) is 3.43. The smallest absolute Gasteiger partial charge is 0.414 e. The number of fused-ring (bicyclic) bond motifs is 1. The van der Waals surface area contributed by atoms with Gasteiger partial charge in [-0.3, -0.25) is 0 Å². The summed E-state index contributed by atoms with van der Waals surface area (Å²) in [6, 6.07) is 18.9. The van der Waals surface area contributed by atoms with E-state index in [4.69, 9.17) is 24.5 Å². The molecule has 0 bridgehead atoms. The van der Waals surface area contributed by atoms with E-state index >= 15 is 0 Å². The molecule has 6 nitrogen and oxygen atoms in total. The third-order valence-corrected chi connectivity index (χ3v) is 3.94. The second-order valence-electron chi connectivity index (χ2n) is 5.81. The highest BCUT2D eigenvalue weighted by Gasteiger charge is 2.07. The molecule has 0 heterocycles. The van der Waals surface area contributed by atoms with Crippen LogP contribution in [0.15, 0.2) is 60.7 Å². The fourth-order valence-corrected chi connectivity index (χ4v) is 2.62. The summed E-state index contributed by atoms with van der Waals surface area (Å²) in [4.78, 5) is 18.2. The third kappa shape index (κ3) is 5.78. The minimum absolute atomic E-state index is 0.209. The number of hydrogen-bond donors (Lipinski definition) is 3. The number of ether oxygens (including phenoxy) is 1. The SMILES string of the molecule is COc1ccc2ccccc2c1CNCc1ccc(F)cc1.O=C(O)C(=O)O. The summed E-state index contributed by atoms with van der Waals surface area (Å²) < 4.78 is 18.4. The van der Waals surface area contributed by atoms with E-state index in [1.165, 1.54) is 22.9 Å². The molecule has 0 atom stereocenters. The standard InChI is InChI=1S/C19H18FNO.C2H2O4/c1-22-19-11-8-15-4-2-3-5-17(15)18(19)13-21-12-14-6-9-16(20)10-7-14;3-1(4)2(5)6/h2-11,21H,12-13H2,1H3;(H,3,4)(H,5,6). The third-order valence-electron chi connectivity index (χ3n) is 3.94. The van der Waals surface area contributed by atoms with Gasteiger partial charge in [0.15, 0.2) is 0 Å². The molecular weight excluding hydrogens is 365 g/mol. The van der Waals surface area contributed by atoms with Crippen molar-refractivity contribution in [2.75, 3.05) is 7.11 Å². The fourth-order valence-electron chi connectivity index (χ4n) is 2.62. The predicted molar refractivity (Wildman–Crippen MR) is 103 cm³/mol. The lowest BCUT2D eigenvalue weighted by atomic mass is 10.0. The zero-order valence-corrected chi connectivity index (χ0v) is 15.2. The number of carboxylic acids is 2. The lowest BCUT2D eigenvalue weighted by molar-refractivity contribution is -0.159. The first-order valence-corrected chi connectivity index (χ1v) is 8.38. The average molecular weight is 385 g/mol. The maximum absolute atomic E-state index is 12.9. The minimum atomic E-state index is -1.82. The Morgan fingerprint density at radius 2 is 1.57 bits per heavy atom. The molecule has 0 aliphatic heterocycles. The van der Waals surface area contributed by atoms with Crippen LogP contribution in [-0.2, 0) is 22.7 Å². The maximum atomic E-state index is 12.9. The van der Waals surface area contributed by atoms with Crippen LogP contribution in [-0.4, -0.2) is 29.3 Å². The zero-order chi connectivity index (χ0) is 20.5. The molecule has 0 unspecified atom stereocenters. The largest absolute Gasteiger partial charge is 0.496 e. The van der Waals surface area contributed by atoms with Crippen LogP contribution in [0.3, 0.4) is 0 Å². The average Bonchev–Trinajstić information content (AvgIpc) is 2.70. The first-order valence-electron chi connectivity index (χ1n) is 8.38. The van der Waals surface area contributed by atoms with Crippen LogP contribution < -0.4 is 10.1 Å². The molecule has 146 valence electrons. The minimum Gasteiger partial charge on any atom is -0.496 e. The first-order chi connectivity index (χ1) is 13.4. The van der Waals surface area contributed by atoms with E-state index in [1.54, 1.807) is 19.2 Å². The van der Waals surface area contributed by atoms with E-state index in [0.29, 0.717) is 13.1 Å². The highest BCUT2D eigenvalue weighted by atomic mass is 19.1. The number of methoxy groups -OCH3 is 1. The van der Waals surface area contributed by atoms with E-state index in [-0.39, 0.29) is 5.82 Å². The highest BCUT2D eigenvalue weighted by Crippen LogP contribution is 2.27. The van der Waals surface area contributed by atoms with Gasteiger partial charge in [0, 0.05) is 18.7 Å². The molecule has 7 heteroatoms. The van der Waals surface area contributed by atoms with Crippen molar-refractivity contribution in [2.24, 2.45) is 0 Å². The molecule has 0 amide bonds. The van der Waals surface area contributed by atoms with E-state index in [9.17, 15) is 4.39 Å². The first kappa shape index (κ1) is 20.9. The summed E-state index contributed by atoms with van der Waals surface area (Å²) in [5, 5.41) is 20.6. The second kappa shape index (κ2) is 10.0. The lowest BCUT2D eigenvalue weighted by Gasteiger charge is -2.13. The Morgan fingerprint density at radius 1 is 0.929 bits per heavy atom. The Labute approximate surface area is 161 Å². The summed E-state index contributed by atoms with van der Waals surface area (Å²) in [7, 11) is 1.69. The molecule has 0 aliphatic rings. The van der Waals surface area contributed by atoms with Gasteiger partial charge in [-0.25, -0.2) is 14.0 Å². The molecule has 3 rings (SSSR count). The van der Waals surface area contributed by atoms with Crippen molar-refractivity contribution >= 4 is 22.7 Å². The molecule has 0 aromatic heterocycles. The topological polar surface area (TPSA) is 95.9 Å². The van der Waals surface area contributed by atoms with E-state index in [1.807, 2.05) is 18.2 Å². The van der Waals surface area contributed by atoms with Gasteiger partial charge < -0.3 is 20.3 Å². The zero-order valence-electron chi connectivity index (χ0n) is 15.2. The molecule has 0 fully saturated rings. The molecular formula is C21H20FNO5. The van der Waals surface area contributed by atoms with Crippen LogP contribution >= 0.6 is 0 Å². The van der Waals surface area contributed by atoms with Gasteiger partial charge in [-0.15, -0.1) is 0 Å². The summed E-state index contributed by atoms with van der Waals surface area (Å²) in [5.74, 6) is -2.98. The Balaban J connectivity index is 0.000000409. The molecule has 0 saturated carbocycles. The number of nitrogens with one attached hydrogen (secondary N) is 1. The van der Waals surface area contributed by atoms with Gasteiger partial charge in [0.05, 0.1) is 7.11 Å². The Kier molecular flexibility index (Phi) is 7.47. The van der Waals surface area contributed by atoms with Crippen LogP contribution in [0.4, 0.5) is 4.39 Å². The summed E-state index contributed by atoms with van der Waals surface area (Å²) >= 11 is 0. The van der Waals surface area contributed by atoms with Gasteiger partial charge in [0.2, 0.25) is 0 Å². The summed E-state index contributed by atoms with van der Waals surface area (Å²) in [6.45, 7) is 1.38. The van der Waals surface area contributed by atoms with Crippen molar-refractivity contribution in [3.8, 4) is 5.75 Å². The normalized spacial score (nSPS) is 10.1. The summed E-state index contributed by atoms with van der Waals surface area (Å²) in [5.41, 5.74) is 2.20. The molecule has 3 aromatic carbocycles. The molecule has 3 N–H and O–H groups in total. The van der Waals surface area contributed by atoms with Crippen molar-refractivity contribution in [3.05, 3.63) is 77.6 Å². The van der Waals surface area contributed by atoms with Crippen molar-refractivity contribution in [1.82, 2.24) is 5.32 Å². The van der Waals surface area contributed by atoms with Crippen LogP contribution in [0.25, 0.3) is 10.8 Å². The molecule has 28 heavy (non-hydrogen) atoms. The molecule has 0 saturated heterocycles. The highest BCUT2D eigenvalue weighted by molar-refractivity contribution is 6.27. The molecule has 3 aromatic rings. The van der Waals surface area contributed by atoms with Gasteiger partial charge in [0.25, 0.3) is 0 Å². The quantitative estimate of drug-likeness (QED) is 0.583. The van der Waals surface area contributed by atoms with Gasteiger partial charge in [-0.2, -0.15) is 0 Å². The van der Waals surface area contributed by atoms with Crippen molar-refractivity contribution in [3.63, 3.8) is 0 Å². The van der Waals surface area contributed by atoms with Crippen LogP contribution in [0, 0.1) is 5.82 Å². The number of aliphatic carboxylic acids is 2. The van der Waals surface area contributed by atoms with Crippen molar-refractivity contribution in [2.45, 2.75) is 13.1 Å². The van der Waals surface area contributed by atoms with Gasteiger partial charge in [0.1, 0.15) is 11.6 Å². The number of benzene rings is 3. The van der Waals surface area contributed by atoms with Crippen molar-refractivity contribution < 1.29 is 28.9 Å². The fraction of sp³-hybridized carbons (Fsp3) is 0.143. The lowest BCUT2D eigenvalue weighted by Crippen LogP contribution is -2.13. The Hall–Kier alpha value is -3.45. The Morgan fingerprint density at radius 3 is 2.18 bits per heavy atom. The van der Waals surface area contributed by atoms with Gasteiger partial charge in [-0.1, -0.05) is 42.5 Å². The van der Waals surface area contributed by atoms with E-state index in [0.717, 1.165) is 16.9 Å². The molecule has 0 aliphatic carbocycles. The van der Waals surface area contributed by atoms with Gasteiger partial charge >= 0.3 is 11.9 Å². The maximum Gasteiger partial charge on any atom is 0.414 e. The van der Waals surface area contributed by atoms with E-state index in [2.05, 4.69) is 23.5 Å². The van der Waals surface area contributed by atoms with Crippen LogP contribution in [0.5, 0.6) is 5.75 Å². The number of carboxylic acid groups (broad SMARTS) is 2. The monoisotopic (exact) mass is 385 g/mol. The van der Waals surface area contributed by atoms with Gasteiger partial charge in [-0.05, 0) is 34.5 Å². The van der Waals surface area contributed by atoms with Crippen LogP contribution in [0.2, 0.25) is 0 Å². The van der Waals surface area contributed by atoms with Crippen LogP contribution in [0.1, 0.15) is 11.1 Å². The van der Waals surface area contributed by atoms with E-state index < -0.39 is 11.9 Å². The molecule has 0 spiro atoms. The number of carbonyl (C=O) groups is 2. The second-order valence-corrected chi connectivity index (χ2v) is 5.81. The summed E-state index contributed by atoms with van der Waals surface area (Å²) in [6.07, 6.45) is 0. The number of halogens is 1. The number of hydrogen-bond acceptors (Lipinski definition) is 4. The number of rotatable bonds is 5. The Bertz CT molecular complexity index is 945.